The Labute approximate surface area is 216 Å². The molecule has 2 aromatic heterocycles. The second kappa shape index (κ2) is 11.2. The van der Waals surface area contributed by atoms with E-state index >= 15 is 0 Å². The minimum atomic E-state index is -3.62. The molecular weight excluding hydrogens is 502 g/mol. The highest BCUT2D eigenvalue weighted by Crippen LogP contribution is 2.24. The smallest absolute Gasteiger partial charge is 0.271 e. The van der Waals surface area contributed by atoms with Crippen molar-refractivity contribution in [3.63, 3.8) is 0 Å². The van der Waals surface area contributed by atoms with Gasteiger partial charge in [-0.05, 0) is 63.6 Å². The van der Waals surface area contributed by atoms with Crippen LogP contribution in [0.5, 0.6) is 0 Å². The Morgan fingerprint density at radius 2 is 1.94 bits per heavy atom. The van der Waals surface area contributed by atoms with Crippen LogP contribution < -0.4 is 20.9 Å². The van der Waals surface area contributed by atoms with Crippen molar-refractivity contribution in [2.75, 3.05) is 44.6 Å². The number of rotatable bonds is 9. The van der Waals surface area contributed by atoms with Gasteiger partial charge in [0.05, 0.1) is 4.90 Å². The van der Waals surface area contributed by atoms with Crippen molar-refractivity contribution in [1.29, 1.82) is 0 Å². The van der Waals surface area contributed by atoms with Crippen LogP contribution in [0.3, 0.4) is 0 Å². The Bertz CT molecular complexity index is 1400. The number of aryl methyl sites for hydroxylation is 1. The molecular formula is C24H32ClN7O3S. The van der Waals surface area contributed by atoms with E-state index in [2.05, 4.69) is 30.2 Å². The third-order valence-electron chi connectivity index (χ3n) is 6.15. The van der Waals surface area contributed by atoms with Crippen LogP contribution in [0.4, 0.5) is 11.6 Å². The highest BCUT2D eigenvalue weighted by molar-refractivity contribution is 7.89. The van der Waals surface area contributed by atoms with Crippen molar-refractivity contribution in [3.8, 4) is 0 Å². The number of benzene rings is 1. The van der Waals surface area contributed by atoms with Crippen LogP contribution in [0.25, 0.3) is 11.0 Å². The summed E-state index contributed by atoms with van der Waals surface area (Å²) >= 11 is 6.09. The first-order valence-corrected chi connectivity index (χ1v) is 13.9. The molecule has 0 aliphatic carbocycles. The van der Waals surface area contributed by atoms with E-state index in [1.807, 2.05) is 20.8 Å². The zero-order valence-electron chi connectivity index (χ0n) is 20.7. The van der Waals surface area contributed by atoms with Crippen LogP contribution in [0.1, 0.15) is 31.9 Å². The van der Waals surface area contributed by atoms with Gasteiger partial charge in [-0.15, -0.1) is 0 Å². The molecule has 3 aromatic rings. The van der Waals surface area contributed by atoms with Gasteiger partial charge < -0.3 is 15.5 Å². The molecule has 1 saturated heterocycles. The van der Waals surface area contributed by atoms with Crippen LogP contribution in [0, 0.1) is 6.92 Å². The van der Waals surface area contributed by atoms with Gasteiger partial charge >= 0.3 is 0 Å². The standard InChI is InChI=1S/C24H32ClN7O3S/c1-16(2)32-22-18(14-20(25)23(32)33)15-27-24(30-22)29-21-6-5-19(13-17(21)3)36(34,35)28-7-4-10-31-11-8-26-9-12-31/h5-6,13-16,26,28H,4,7-12H2,1-3H3,(H,27,29,30). The zero-order chi connectivity index (χ0) is 25.9. The van der Waals surface area contributed by atoms with Gasteiger partial charge in [0.2, 0.25) is 16.0 Å². The summed E-state index contributed by atoms with van der Waals surface area (Å²) in [5.74, 6) is 0.295. The van der Waals surface area contributed by atoms with Gasteiger partial charge in [0, 0.05) is 56.0 Å². The number of pyridine rings is 1. The fourth-order valence-electron chi connectivity index (χ4n) is 4.22. The van der Waals surface area contributed by atoms with Gasteiger partial charge in [-0.3, -0.25) is 9.36 Å². The van der Waals surface area contributed by atoms with Crippen LogP contribution in [0.15, 0.2) is 40.2 Å². The molecule has 0 unspecified atom stereocenters. The lowest BCUT2D eigenvalue weighted by molar-refractivity contribution is 0.239. The van der Waals surface area contributed by atoms with Crippen molar-refractivity contribution < 1.29 is 8.42 Å². The number of nitrogens with one attached hydrogen (secondary N) is 3. The van der Waals surface area contributed by atoms with Crippen LogP contribution in [-0.4, -0.2) is 67.1 Å². The first-order valence-electron chi connectivity index (χ1n) is 12.0. The molecule has 0 spiro atoms. The lowest BCUT2D eigenvalue weighted by Gasteiger charge is -2.27. The van der Waals surface area contributed by atoms with Crippen LogP contribution >= 0.6 is 11.6 Å². The largest absolute Gasteiger partial charge is 0.324 e. The first kappa shape index (κ1) is 26.5. The van der Waals surface area contributed by atoms with E-state index in [9.17, 15) is 13.2 Å². The number of sulfonamides is 1. The van der Waals surface area contributed by atoms with Crippen molar-refractivity contribution in [2.24, 2.45) is 0 Å². The van der Waals surface area contributed by atoms with E-state index in [1.54, 1.807) is 30.5 Å². The maximum atomic E-state index is 12.8. The van der Waals surface area contributed by atoms with Gasteiger partial charge in [0.25, 0.3) is 5.56 Å². The minimum absolute atomic E-state index is 0.116. The predicted molar refractivity (Wildman–Crippen MR) is 143 cm³/mol. The maximum Gasteiger partial charge on any atom is 0.271 e. The number of aromatic nitrogens is 3. The van der Waals surface area contributed by atoms with Gasteiger partial charge in [0.15, 0.2) is 0 Å². The average Bonchev–Trinajstić information content (AvgIpc) is 2.84. The van der Waals surface area contributed by atoms with E-state index in [0.717, 1.165) is 44.7 Å². The van der Waals surface area contributed by atoms with Crippen molar-refractivity contribution in [1.82, 2.24) is 29.5 Å². The molecule has 1 aromatic carbocycles. The number of nitrogens with zero attached hydrogens (tertiary/aromatic N) is 4. The number of hydrogen-bond acceptors (Lipinski definition) is 8. The SMILES string of the molecule is Cc1cc(S(=O)(=O)NCCCN2CCNCC2)ccc1Nc1ncc2cc(Cl)c(=O)n(C(C)C)c2n1. The number of hydrogen-bond donors (Lipinski definition) is 3. The molecule has 194 valence electrons. The Kier molecular flexibility index (Phi) is 8.26. The molecule has 4 rings (SSSR count). The zero-order valence-corrected chi connectivity index (χ0v) is 22.3. The van der Waals surface area contributed by atoms with Gasteiger partial charge in [-0.2, -0.15) is 4.98 Å². The van der Waals surface area contributed by atoms with Crippen LogP contribution in [-0.2, 0) is 10.0 Å². The Balaban J connectivity index is 1.46. The molecule has 3 N–H and O–H groups in total. The highest BCUT2D eigenvalue weighted by Gasteiger charge is 2.17. The number of anilines is 2. The molecule has 10 nitrogen and oxygen atoms in total. The topological polar surface area (TPSA) is 121 Å². The third-order valence-corrected chi connectivity index (χ3v) is 7.88. The Morgan fingerprint density at radius 3 is 2.64 bits per heavy atom. The van der Waals surface area contributed by atoms with Gasteiger partial charge in [0.1, 0.15) is 10.7 Å². The monoisotopic (exact) mass is 533 g/mol. The first-order chi connectivity index (χ1) is 17.2. The highest BCUT2D eigenvalue weighted by atomic mass is 35.5. The molecule has 12 heteroatoms. The summed E-state index contributed by atoms with van der Waals surface area (Å²) in [7, 11) is -3.62. The second-order valence-electron chi connectivity index (χ2n) is 9.18. The second-order valence-corrected chi connectivity index (χ2v) is 11.4. The predicted octanol–water partition coefficient (Wildman–Crippen LogP) is 2.65. The number of halogens is 1. The fourth-order valence-corrected chi connectivity index (χ4v) is 5.58. The molecule has 0 bridgehead atoms. The lowest BCUT2D eigenvalue weighted by Crippen LogP contribution is -2.44. The molecule has 0 saturated carbocycles. The quantitative estimate of drug-likeness (QED) is 0.359. The van der Waals surface area contributed by atoms with Crippen LogP contribution in [0.2, 0.25) is 5.02 Å². The van der Waals surface area contributed by atoms with Gasteiger partial charge in [-0.25, -0.2) is 18.1 Å². The fraction of sp³-hybridized carbons (Fsp3) is 0.458. The number of piperazine rings is 1. The molecule has 1 fully saturated rings. The Morgan fingerprint density at radius 1 is 1.19 bits per heavy atom. The normalized spacial score (nSPS) is 15.0. The molecule has 36 heavy (non-hydrogen) atoms. The van der Waals surface area contributed by atoms with E-state index in [-0.39, 0.29) is 21.5 Å². The molecule has 0 atom stereocenters. The summed E-state index contributed by atoms with van der Waals surface area (Å²) in [5, 5.41) is 7.21. The Hall–Kier alpha value is -2.57. The van der Waals surface area contributed by atoms with E-state index in [1.165, 1.54) is 4.57 Å². The van der Waals surface area contributed by atoms with Crippen molar-refractivity contribution in [3.05, 3.63) is 51.4 Å². The molecule has 0 radical (unpaired) electrons. The van der Waals surface area contributed by atoms with E-state index in [0.29, 0.717) is 29.2 Å². The van der Waals surface area contributed by atoms with Crippen molar-refractivity contribution in [2.45, 2.75) is 38.1 Å². The summed E-state index contributed by atoms with van der Waals surface area (Å²) in [6.07, 6.45) is 2.36. The average molecular weight is 534 g/mol. The summed E-state index contributed by atoms with van der Waals surface area (Å²) in [6, 6.07) is 6.28. The minimum Gasteiger partial charge on any atom is -0.324 e. The molecule has 1 aliphatic rings. The van der Waals surface area contributed by atoms with E-state index < -0.39 is 10.0 Å². The third kappa shape index (κ3) is 6.04. The van der Waals surface area contributed by atoms with Crippen molar-refractivity contribution >= 4 is 44.3 Å². The molecule has 0 amide bonds. The lowest BCUT2D eigenvalue weighted by atomic mass is 10.2. The van der Waals surface area contributed by atoms with E-state index in [4.69, 9.17) is 11.6 Å². The summed E-state index contributed by atoms with van der Waals surface area (Å²) in [4.78, 5) is 24.0. The molecule has 3 heterocycles. The number of fused-ring (bicyclic) bond motifs is 1. The molecule has 1 aliphatic heterocycles. The van der Waals surface area contributed by atoms with Gasteiger partial charge in [-0.1, -0.05) is 11.6 Å². The summed E-state index contributed by atoms with van der Waals surface area (Å²) in [6.45, 7) is 10.8. The summed E-state index contributed by atoms with van der Waals surface area (Å²) in [5.41, 5.74) is 1.55. The maximum absolute atomic E-state index is 12.8. The summed E-state index contributed by atoms with van der Waals surface area (Å²) < 4.78 is 29.8.